The summed E-state index contributed by atoms with van der Waals surface area (Å²) in [6, 6.07) is -0.730. The van der Waals surface area contributed by atoms with Crippen molar-refractivity contribution in [3.63, 3.8) is 0 Å². The van der Waals surface area contributed by atoms with E-state index >= 15 is 0 Å². The summed E-state index contributed by atoms with van der Waals surface area (Å²) in [5.74, 6) is -0.496. The standard InChI is InChI=1S/C15H29NO5/c1-14(2,3)21-13(18)16-11(12(17)20-6)9-7-8-10-15(4,5)19/h11,19H,7-10H2,1-6H3,(H,16,18). The number of esters is 1. The van der Waals surface area contributed by atoms with Gasteiger partial charge in [-0.15, -0.1) is 0 Å². The van der Waals surface area contributed by atoms with Crippen molar-refractivity contribution in [2.24, 2.45) is 0 Å². The van der Waals surface area contributed by atoms with Crippen molar-refractivity contribution in [1.82, 2.24) is 5.32 Å². The Hall–Kier alpha value is -1.30. The summed E-state index contributed by atoms with van der Waals surface area (Å²) in [7, 11) is 1.28. The van der Waals surface area contributed by atoms with E-state index in [0.29, 0.717) is 19.3 Å². The average molecular weight is 303 g/mol. The Kier molecular flexibility index (Phi) is 7.71. The van der Waals surface area contributed by atoms with Gasteiger partial charge >= 0.3 is 12.1 Å². The fourth-order valence-electron chi connectivity index (χ4n) is 1.75. The Morgan fingerprint density at radius 2 is 1.71 bits per heavy atom. The Labute approximate surface area is 127 Å². The molecular formula is C15H29NO5. The van der Waals surface area contributed by atoms with Crippen molar-refractivity contribution < 1.29 is 24.2 Å². The van der Waals surface area contributed by atoms with Crippen molar-refractivity contribution in [2.45, 2.75) is 77.5 Å². The van der Waals surface area contributed by atoms with Crippen LogP contribution in [0, 0.1) is 0 Å². The molecule has 0 aromatic carbocycles. The Bertz CT molecular complexity index is 341. The second-order valence-electron chi connectivity index (χ2n) is 6.78. The number of hydrogen-bond donors (Lipinski definition) is 2. The molecule has 0 rings (SSSR count). The molecule has 0 aromatic heterocycles. The predicted octanol–water partition coefficient (Wildman–Crippen LogP) is 2.38. The predicted molar refractivity (Wildman–Crippen MR) is 79.9 cm³/mol. The van der Waals surface area contributed by atoms with E-state index in [1.807, 2.05) is 0 Å². The molecule has 0 aliphatic rings. The number of rotatable bonds is 7. The summed E-state index contributed by atoms with van der Waals surface area (Å²) in [6.07, 6.45) is 1.89. The summed E-state index contributed by atoms with van der Waals surface area (Å²) in [6.45, 7) is 8.74. The van der Waals surface area contributed by atoms with Crippen LogP contribution in [0.1, 0.15) is 60.3 Å². The lowest BCUT2D eigenvalue weighted by molar-refractivity contribution is -0.143. The lowest BCUT2D eigenvalue weighted by Crippen LogP contribution is -2.44. The van der Waals surface area contributed by atoms with Crippen molar-refractivity contribution in [3.8, 4) is 0 Å². The Balaban J connectivity index is 4.34. The van der Waals surface area contributed by atoms with Crippen molar-refractivity contribution >= 4 is 12.1 Å². The Morgan fingerprint density at radius 3 is 2.14 bits per heavy atom. The Morgan fingerprint density at radius 1 is 1.14 bits per heavy atom. The van der Waals surface area contributed by atoms with Gasteiger partial charge in [0.05, 0.1) is 12.7 Å². The van der Waals surface area contributed by atoms with E-state index in [0.717, 1.165) is 6.42 Å². The fourth-order valence-corrected chi connectivity index (χ4v) is 1.75. The van der Waals surface area contributed by atoms with E-state index in [1.165, 1.54) is 7.11 Å². The number of methoxy groups -OCH3 is 1. The van der Waals surface area contributed by atoms with Gasteiger partial charge in [-0.2, -0.15) is 0 Å². The van der Waals surface area contributed by atoms with Gasteiger partial charge in [0, 0.05) is 0 Å². The molecule has 21 heavy (non-hydrogen) atoms. The van der Waals surface area contributed by atoms with Gasteiger partial charge in [-0.25, -0.2) is 9.59 Å². The lowest BCUT2D eigenvalue weighted by Gasteiger charge is -2.23. The molecule has 6 nitrogen and oxygen atoms in total. The molecule has 6 heteroatoms. The van der Waals surface area contributed by atoms with E-state index in [9.17, 15) is 14.7 Å². The molecule has 1 unspecified atom stereocenters. The van der Waals surface area contributed by atoms with Crippen LogP contribution in [-0.4, -0.2) is 41.5 Å². The first-order valence-electron chi connectivity index (χ1n) is 7.24. The third-order valence-electron chi connectivity index (χ3n) is 2.71. The lowest BCUT2D eigenvalue weighted by atomic mass is 9.99. The monoisotopic (exact) mass is 303 g/mol. The zero-order valence-corrected chi connectivity index (χ0v) is 14.0. The third kappa shape index (κ3) is 11.1. The number of amides is 1. The first-order valence-corrected chi connectivity index (χ1v) is 7.24. The number of aliphatic hydroxyl groups is 1. The zero-order chi connectivity index (χ0) is 16.7. The van der Waals surface area contributed by atoms with E-state index in [2.05, 4.69) is 10.1 Å². The maximum Gasteiger partial charge on any atom is 0.408 e. The molecule has 0 spiro atoms. The van der Waals surface area contributed by atoms with Gasteiger partial charge in [-0.1, -0.05) is 12.8 Å². The summed E-state index contributed by atoms with van der Waals surface area (Å²) in [5.41, 5.74) is -1.34. The van der Waals surface area contributed by atoms with Crippen molar-refractivity contribution in [2.75, 3.05) is 7.11 Å². The smallest absolute Gasteiger partial charge is 0.408 e. The number of hydrogen-bond acceptors (Lipinski definition) is 5. The molecule has 0 aliphatic carbocycles. The summed E-state index contributed by atoms with van der Waals surface area (Å²) < 4.78 is 9.81. The van der Waals surface area contributed by atoms with Gasteiger partial charge in [0.15, 0.2) is 0 Å². The number of alkyl carbamates (subject to hydrolysis) is 1. The average Bonchev–Trinajstić information content (AvgIpc) is 2.28. The minimum atomic E-state index is -0.730. The van der Waals surface area contributed by atoms with E-state index in [4.69, 9.17) is 4.74 Å². The van der Waals surface area contributed by atoms with Crippen LogP contribution in [0.15, 0.2) is 0 Å². The molecule has 0 radical (unpaired) electrons. The molecule has 0 aliphatic heterocycles. The summed E-state index contributed by atoms with van der Waals surface area (Å²) in [5, 5.41) is 12.2. The molecule has 0 bridgehead atoms. The maximum atomic E-state index is 11.7. The van der Waals surface area contributed by atoms with Crippen molar-refractivity contribution in [1.29, 1.82) is 0 Å². The minimum absolute atomic E-state index is 0.446. The number of carbonyl (C=O) groups excluding carboxylic acids is 2. The highest BCUT2D eigenvalue weighted by molar-refractivity contribution is 5.81. The molecular weight excluding hydrogens is 274 g/mol. The largest absolute Gasteiger partial charge is 0.467 e. The second-order valence-corrected chi connectivity index (χ2v) is 6.78. The zero-order valence-electron chi connectivity index (χ0n) is 14.0. The molecule has 0 fully saturated rings. The molecule has 0 aromatic rings. The first-order chi connectivity index (χ1) is 9.44. The molecule has 1 amide bonds. The topological polar surface area (TPSA) is 84.9 Å². The molecule has 0 heterocycles. The maximum absolute atomic E-state index is 11.7. The van der Waals surface area contributed by atoms with E-state index in [-0.39, 0.29) is 0 Å². The van der Waals surface area contributed by atoms with Crippen LogP contribution < -0.4 is 5.32 Å². The molecule has 1 atom stereocenters. The number of unbranched alkanes of at least 4 members (excludes halogenated alkanes) is 1. The van der Waals surface area contributed by atoms with Gasteiger partial charge in [0.25, 0.3) is 0 Å². The SMILES string of the molecule is COC(=O)C(CCCCC(C)(C)O)NC(=O)OC(C)(C)C. The van der Waals surface area contributed by atoms with Gasteiger partial charge in [-0.05, 0) is 47.5 Å². The third-order valence-corrected chi connectivity index (χ3v) is 2.71. The van der Waals surface area contributed by atoms with Crippen LogP contribution >= 0.6 is 0 Å². The van der Waals surface area contributed by atoms with Crippen LogP contribution in [0.25, 0.3) is 0 Å². The van der Waals surface area contributed by atoms with Gasteiger partial charge in [0.2, 0.25) is 0 Å². The number of ether oxygens (including phenoxy) is 2. The van der Waals surface area contributed by atoms with Crippen LogP contribution in [0.4, 0.5) is 4.79 Å². The van der Waals surface area contributed by atoms with Crippen LogP contribution in [0.2, 0.25) is 0 Å². The normalized spacial score (nSPS) is 13.5. The second kappa shape index (κ2) is 8.22. The van der Waals surface area contributed by atoms with Gasteiger partial charge in [0.1, 0.15) is 11.6 Å². The van der Waals surface area contributed by atoms with E-state index in [1.54, 1.807) is 34.6 Å². The van der Waals surface area contributed by atoms with Gasteiger partial charge < -0.3 is 19.9 Å². The first kappa shape index (κ1) is 19.7. The molecule has 124 valence electrons. The van der Waals surface area contributed by atoms with E-state index < -0.39 is 29.3 Å². The fraction of sp³-hybridized carbons (Fsp3) is 0.867. The molecule has 2 N–H and O–H groups in total. The number of carbonyl (C=O) groups is 2. The summed E-state index contributed by atoms with van der Waals surface area (Å²) >= 11 is 0. The highest BCUT2D eigenvalue weighted by Gasteiger charge is 2.24. The molecule has 0 saturated heterocycles. The summed E-state index contributed by atoms with van der Waals surface area (Å²) in [4.78, 5) is 23.4. The number of nitrogens with one attached hydrogen (secondary N) is 1. The highest BCUT2D eigenvalue weighted by atomic mass is 16.6. The van der Waals surface area contributed by atoms with Crippen LogP contribution in [0.3, 0.4) is 0 Å². The molecule has 0 saturated carbocycles. The van der Waals surface area contributed by atoms with Crippen LogP contribution in [-0.2, 0) is 14.3 Å². The quantitative estimate of drug-likeness (QED) is 0.557. The highest BCUT2D eigenvalue weighted by Crippen LogP contribution is 2.15. The van der Waals surface area contributed by atoms with Crippen LogP contribution in [0.5, 0.6) is 0 Å². The van der Waals surface area contributed by atoms with Gasteiger partial charge in [-0.3, -0.25) is 0 Å². The van der Waals surface area contributed by atoms with Crippen molar-refractivity contribution in [3.05, 3.63) is 0 Å². The minimum Gasteiger partial charge on any atom is -0.467 e.